The van der Waals surface area contributed by atoms with E-state index in [2.05, 4.69) is 21.7 Å². The molecule has 0 heterocycles. The lowest BCUT2D eigenvalue weighted by atomic mass is 10.1. The number of hydrogen-bond donors (Lipinski definition) is 2. The summed E-state index contributed by atoms with van der Waals surface area (Å²) >= 11 is 0. The quantitative estimate of drug-likeness (QED) is 0.656. The Morgan fingerprint density at radius 3 is 2.61 bits per heavy atom. The summed E-state index contributed by atoms with van der Waals surface area (Å²) in [7, 11) is 1.68. The third-order valence-electron chi connectivity index (χ3n) is 3.47. The van der Waals surface area contributed by atoms with Gasteiger partial charge in [-0.05, 0) is 30.5 Å². The minimum atomic E-state index is -0.560. The lowest BCUT2D eigenvalue weighted by molar-refractivity contribution is 0.570. The lowest BCUT2D eigenvalue weighted by Crippen LogP contribution is -2.37. The van der Waals surface area contributed by atoms with Gasteiger partial charge in [-0.3, -0.25) is 4.99 Å². The van der Waals surface area contributed by atoms with E-state index in [-0.39, 0.29) is 0 Å². The largest absolute Gasteiger partial charge is 0.356 e. The normalized spacial score (nSPS) is 11.4. The Bertz CT molecular complexity index is 684. The van der Waals surface area contributed by atoms with Gasteiger partial charge in [-0.1, -0.05) is 35.9 Å². The van der Waals surface area contributed by atoms with Crippen molar-refractivity contribution in [3.05, 3.63) is 70.8 Å². The zero-order valence-electron chi connectivity index (χ0n) is 13.4. The van der Waals surface area contributed by atoms with Gasteiger partial charge in [0, 0.05) is 26.2 Å². The molecule has 23 heavy (non-hydrogen) atoms. The predicted octanol–water partition coefficient (Wildman–Crippen LogP) is 3.18. The second kappa shape index (κ2) is 8.27. The molecule has 0 radical (unpaired) electrons. The average Bonchev–Trinajstić information content (AvgIpc) is 2.52. The van der Waals surface area contributed by atoms with Crippen molar-refractivity contribution in [1.29, 1.82) is 0 Å². The van der Waals surface area contributed by atoms with Gasteiger partial charge in [-0.15, -0.1) is 0 Å². The number of aryl methyl sites for hydroxylation is 1. The Labute approximate surface area is 135 Å². The molecular formula is C18H21F2N3. The van der Waals surface area contributed by atoms with E-state index in [9.17, 15) is 8.78 Å². The molecule has 0 unspecified atom stereocenters. The second-order valence-electron chi connectivity index (χ2n) is 5.33. The fourth-order valence-electron chi connectivity index (χ4n) is 2.27. The molecule has 0 aliphatic heterocycles. The number of halogens is 2. The Balaban J connectivity index is 1.81. The van der Waals surface area contributed by atoms with Crippen molar-refractivity contribution >= 4 is 5.96 Å². The van der Waals surface area contributed by atoms with Gasteiger partial charge in [0.25, 0.3) is 0 Å². The number of nitrogens with zero attached hydrogens (tertiary/aromatic N) is 1. The first kappa shape index (κ1) is 16.9. The summed E-state index contributed by atoms with van der Waals surface area (Å²) in [6.07, 6.45) is 0.456. The van der Waals surface area contributed by atoms with Crippen LogP contribution in [-0.2, 0) is 13.0 Å². The fourth-order valence-corrected chi connectivity index (χ4v) is 2.27. The molecule has 0 atom stereocenters. The molecule has 0 fully saturated rings. The standard InChI is InChI=1S/C18H21F2N3/c1-13-4-3-5-14(10-13)12-23-18(21-2)22-9-8-15-6-7-16(19)11-17(15)20/h3-7,10-11H,8-9,12H2,1-2H3,(H2,21,22,23). The van der Waals surface area contributed by atoms with Crippen molar-refractivity contribution in [2.45, 2.75) is 19.9 Å². The molecule has 0 aliphatic carbocycles. The van der Waals surface area contributed by atoms with Crippen LogP contribution >= 0.6 is 0 Å². The first-order valence-corrected chi connectivity index (χ1v) is 7.52. The third-order valence-corrected chi connectivity index (χ3v) is 3.47. The molecule has 0 spiro atoms. The summed E-state index contributed by atoms with van der Waals surface area (Å²) in [4.78, 5) is 4.13. The maximum atomic E-state index is 13.6. The van der Waals surface area contributed by atoms with Crippen LogP contribution in [0.2, 0.25) is 0 Å². The van der Waals surface area contributed by atoms with Crippen molar-refractivity contribution < 1.29 is 8.78 Å². The highest BCUT2D eigenvalue weighted by atomic mass is 19.1. The number of aliphatic imine (C=N–C) groups is 1. The van der Waals surface area contributed by atoms with Gasteiger partial charge in [0.15, 0.2) is 5.96 Å². The Kier molecular flexibility index (Phi) is 6.09. The van der Waals surface area contributed by atoms with E-state index in [1.165, 1.54) is 17.7 Å². The molecule has 2 N–H and O–H groups in total. The van der Waals surface area contributed by atoms with E-state index in [0.29, 0.717) is 31.0 Å². The molecule has 2 aromatic rings. The van der Waals surface area contributed by atoms with E-state index in [0.717, 1.165) is 11.6 Å². The number of hydrogen-bond acceptors (Lipinski definition) is 1. The molecule has 2 rings (SSSR count). The molecule has 3 nitrogen and oxygen atoms in total. The smallest absolute Gasteiger partial charge is 0.191 e. The maximum Gasteiger partial charge on any atom is 0.191 e. The van der Waals surface area contributed by atoms with Crippen molar-refractivity contribution in [3.63, 3.8) is 0 Å². The summed E-state index contributed by atoms with van der Waals surface area (Å²) in [5, 5.41) is 6.33. The molecule has 0 aromatic heterocycles. The van der Waals surface area contributed by atoms with Crippen LogP contribution in [0.25, 0.3) is 0 Å². The van der Waals surface area contributed by atoms with Crippen LogP contribution in [0.4, 0.5) is 8.78 Å². The Morgan fingerprint density at radius 2 is 1.91 bits per heavy atom. The molecule has 0 bridgehead atoms. The highest BCUT2D eigenvalue weighted by Gasteiger charge is 2.04. The summed E-state index contributed by atoms with van der Waals surface area (Å²) in [6, 6.07) is 11.8. The highest BCUT2D eigenvalue weighted by Crippen LogP contribution is 2.09. The van der Waals surface area contributed by atoms with Crippen LogP contribution in [0.3, 0.4) is 0 Å². The summed E-state index contributed by atoms with van der Waals surface area (Å²) in [5.41, 5.74) is 2.85. The van der Waals surface area contributed by atoms with Gasteiger partial charge in [0.05, 0.1) is 0 Å². The van der Waals surface area contributed by atoms with Crippen molar-refractivity contribution in [2.75, 3.05) is 13.6 Å². The van der Waals surface area contributed by atoms with E-state index < -0.39 is 11.6 Å². The van der Waals surface area contributed by atoms with E-state index >= 15 is 0 Å². The molecular weight excluding hydrogens is 296 g/mol. The summed E-state index contributed by atoms with van der Waals surface area (Å²) in [6.45, 7) is 3.22. The average molecular weight is 317 g/mol. The number of rotatable bonds is 5. The van der Waals surface area contributed by atoms with Crippen LogP contribution in [0.5, 0.6) is 0 Å². The lowest BCUT2D eigenvalue weighted by Gasteiger charge is -2.12. The monoisotopic (exact) mass is 317 g/mol. The molecule has 0 aliphatic rings. The summed E-state index contributed by atoms with van der Waals surface area (Å²) < 4.78 is 26.4. The fraction of sp³-hybridized carbons (Fsp3) is 0.278. The van der Waals surface area contributed by atoms with E-state index in [1.54, 1.807) is 7.05 Å². The van der Waals surface area contributed by atoms with Gasteiger partial charge in [-0.25, -0.2) is 8.78 Å². The first-order valence-electron chi connectivity index (χ1n) is 7.52. The van der Waals surface area contributed by atoms with Crippen LogP contribution < -0.4 is 10.6 Å². The Hall–Kier alpha value is -2.43. The second-order valence-corrected chi connectivity index (χ2v) is 5.33. The molecule has 0 amide bonds. The molecule has 0 saturated carbocycles. The minimum Gasteiger partial charge on any atom is -0.356 e. The van der Waals surface area contributed by atoms with Gasteiger partial charge in [-0.2, -0.15) is 0 Å². The van der Waals surface area contributed by atoms with Crippen molar-refractivity contribution in [3.8, 4) is 0 Å². The van der Waals surface area contributed by atoms with E-state index in [1.807, 2.05) is 25.1 Å². The zero-order chi connectivity index (χ0) is 16.7. The minimum absolute atomic E-state index is 0.456. The van der Waals surface area contributed by atoms with Gasteiger partial charge in [0.2, 0.25) is 0 Å². The van der Waals surface area contributed by atoms with Crippen molar-refractivity contribution in [1.82, 2.24) is 10.6 Å². The zero-order valence-corrected chi connectivity index (χ0v) is 13.4. The molecule has 0 saturated heterocycles. The van der Waals surface area contributed by atoms with Gasteiger partial charge < -0.3 is 10.6 Å². The molecule has 2 aromatic carbocycles. The third kappa shape index (κ3) is 5.36. The van der Waals surface area contributed by atoms with Gasteiger partial charge in [0.1, 0.15) is 11.6 Å². The van der Waals surface area contributed by atoms with Crippen LogP contribution in [0, 0.1) is 18.6 Å². The number of nitrogens with one attached hydrogen (secondary N) is 2. The van der Waals surface area contributed by atoms with Crippen molar-refractivity contribution in [2.24, 2.45) is 4.99 Å². The number of guanidine groups is 1. The van der Waals surface area contributed by atoms with Crippen LogP contribution in [-0.4, -0.2) is 19.6 Å². The highest BCUT2D eigenvalue weighted by molar-refractivity contribution is 5.79. The number of benzene rings is 2. The predicted molar refractivity (Wildman–Crippen MR) is 89.4 cm³/mol. The van der Waals surface area contributed by atoms with Crippen LogP contribution in [0.15, 0.2) is 47.5 Å². The summed E-state index contributed by atoms with van der Waals surface area (Å²) in [5.74, 6) is -0.432. The van der Waals surface area contributed by atoms with Gasteiger partial charge >= 0.3 is 0 Å². The van der Waals surface area contributed by atoms with E-state index in [4.69, 9.17) is 0 Å². The topological polar surface area (TPSA) is 36.4 Å². The maximum absolute atomic E-state index is 13.6. The SMILES string of the molecule is CN=C(NCCc1ccc(F)cc1F)NCc1cccc(C)c1. The molecule has 122 valence electrons. The molecule has 5 heteroatoms. The Morgan fingerprint density at radius 1 is 1.09 bits per heavy atom. The first-order chi connectivity index (χ1) is 11.1. The van der Waals surface area contributed by atoms with Crippen LogP contribution in [0.1, 0.15) is 16.7 Å².